The van der Waals surface area contributed by atoms with Crippen molar-refractivity contribution in [1.29, 1.82) is 0 Å². The summed E-state index contributed by atoms with van der Waals surface area (Å²) in [6, 6.07) is 12.8. The van der Waals surface area contributed by atoms with Gasteiger partial charge in [0, 0.05) is 6.54 Å². The number of hydrogen-bond acceptors (Lipinski definition) is 4. The first-order chi connectivity index (χ1) is 13.4. The summed E-state index contributed by atoms with van der Waals surface area (Å²) in [7, 11) is 0. The maximum absolute atomic E-state index is 13.6. The number of benzene rings is 2. The van der Waals surface area contributed by atoms with E-state index >= 15 is 0 Å². The number of nitrogens with zero attached hydrogens (tertiary/aromatic N) is 2. The fourth-order valence-electron chi connectivity index (χ4n) is 2.71. The number of rotatable bonds is 6. The van der Waals surface area contributed by atoms with Crippen molar-refractivity contribution < 1.29 is 14.0 Å². The Morgan fingerprint density at radius 2 is 1.86 bits per heavy atom. The molecule has 0 radical (unpaired) electrons. The molecule has 1 aromatic heterocycles. The number of anilines is 1. The van der Waals surface area contributed by atoms with E-state index in [9.17, 15) is 14.0 Å². The van der Waals surface area contributed by atoms with Crippen LogP contribution in [0.4, 0.5) is 14.9 Å². The predicted octanol–water partition coefficient (Wildman–Crippen LogP) is 4.27. The highest BCUT2D eigenvalue weighted by Gasteiger charge is 2.15. The summed E-state index contributed by atoms with van der Waals surface area (Å²) in [6.07, 6.45) is 0. The van der Waals surface area contributed by atoms with Gasteiger partial charge in [0.05, 0.1) is 22.5 Å². The highest BCUT2D eigenvalue weighted by Crippen LogP contribution is 2.25. The van der Waals surface area contributed by atoms with Crippen LogP contribution < -0.4 is 10.6 Å². The van der Waals surface area contributed by atoms with E-state index in [-0.39, 0.29) is 11.4 Å². The number of amides is 3. The van der Waals surface area contributed by atoms with Gasteiger partial charge in [0.15, 0.2) is 5.16 Å². The number of imidazole rings is 1. The van der Waals surface area contributed by atoms with Crippen molar-refractivity contribution in [3.8, 4) is 0 Å². The molecule has 3 rings (SSSR count). The molecule has 0 saturated heterocycles. The Kier molecular flexibility index (Phi) is 6.30. The second-order valence-corrected chi connectivity index (χ2v) is 7.60. The molecule has 0 bridgehead atoms. The van der Waals surface area contributed by atoms with Crippen LogP contribution in [0.15, 0.2) is 53.7 Å². The minimum Gasteiger partial charge on any atom is -0.319 e. The molecule has 28 heavy (non-hydrogen) atoms. The first-order valence-corrected chi connectivity index (χ1v) is 9.86. The van der Waals surface area contributed by atoms with Crippen LogP contribution >= 0.6 is 11.8 Å². The second-order valence-electron chi connectivity index (χ2n) is 6.66. The van der Waals surface area contributed by atoms with E-state index in [1.807, 2.05) is 24.3 Å². The minimum absolute atomic E-state index is 0.0131. The van der Waals surface area contributed by atoms with Crippen LogP contribution in [-0.4, -0.2) is 27.2 Å². The predicted molar refractivity (Wildman–Crippen MR) is 109 cm³/mol. The van der Waals surface area contributed by atoms with Crippen molar-refractivity contribution in [2.45, 2.75) is 25.5 Å². The molecule has 2 N–H and O–H groups in total. The van der Waals surface area contributed by atoms with E-state index < -0.39 is 17.8 Å². The standard InChI is InChI=1S/C20H21FN4O2S/c1-13(2)11-25-17-10-6-5-9-16(17)23-20(25)28-12-18(26)24-19(27)22-15-8-4-3-7-14(15)21/h3-10,13H,11-12H2,1-2H3,(H2,22,24,26,27). The van der Waals surface area contributed by atoms with Crippen LogP contribution in [0.1, 0.15) is 13.8 Å². The molecule has 0 aliphatic heterocycles. The van der Waals surface area contributed by atoms with Crippen molar-refractivity contribution in [2.24, 2.45) is 5.92 Å². The van der Waals surface area contributed by atoms with E-state index in [1.165, 1.54) is 30.0 Å². The molecule has 0 atom stereocenters. The van der Waals surface area contributed by atoms with Crippen LogP contribution in [-0.2, 0) is 11.3 Å². The molecule has 0 aliphatic carbocycles. The Morgan fingerprint density at radius 3 is 2.61 bits per heavy atom. The Labute approximate surface area is 166 Å². The maximum atomic E-state index is 13.6. The number of aromatic nitrogens is 2. The Balaban J connectivity index is 1.63. The first kappa shape index (κ1) is 19.9. The summed E-state index contributed by atoms with van der Waals surface area (Å²) in [6.45, 7) is 5.00. The molecule has 0 aliphatic rings. The van der Waals surface area contributed by atoms with Gasteiger partial charge in [-0.3, -0.25) is 10.1 Å². The van der Waals surface area contributed by atoms with E-state index in [0.29, 0.717) is 5.92 Å². The van der Waals surface area contributed by atoms with Crippen LogP contribution in [0.2, 0.25) is 0 Å². The van der Waals surface area contributed by atoms with E-state index in [1.54, 1.807) is 6.07 Å². The summed E-state index contributed by atoms with van der Waals surface area (Å²) < 4.78 is 15.6. The molecule has 2 aromatic carbocycles. The molecule has 3 aromatic rings. The molecule has 8 heteroatoms. The SMILES string of the molecule is CC(C)Cn1c(SCC(=O)NC(=O)Nc2ccccc2F)nc2ccccc21. The zero-order valence-electron chi connectivity index (χ0n) is 15.6. The number of imide groups is 1. The normalized spacial score (nSPS) is 11.0. The van der Waals surface area contributed by atoms with Crippen molar-refractivity contribution >= 4 is 40.4 Å². The van der Waals surface area contributed by atoms with Crippen LogP contribution in [0.3, 0.4) is 0 Å². The zero-order valence-corrected chi connectivity index (χ0v) is 16.4. The third-order valence-corrected chi connectivity index (χ3v) is 4.85. The molecule has 146 valence electrons. The number of carbonyl (C=O) groups excluding carboxylic acids is 2. The van der Waals surface area contributed by atoms with Crippen molar-refractivity contribution in [2.75, 3.05) is 11.1 Å². The Bertz CT molecular complexity index is 1000. The molecule has 1 heterocycles. The molecule has 3 amide bonds. The van der Waals surface area contributed by atoms with Crippen molar-refractivity contribution in [3.63, 3.8) is 0 Å². The summed E-state index contributed by atoms with van der Waals surface area (Å²) in [4.78, 5) is 28.6. The molecule has 0 fully saturated rings. The molecule has 6 nitrogen and oxygen atoms in total. The maximum Gasteiger partial charge on any atom is 0.325 e. The van der Waals surface area contributed by atoms with Gasteiger partial charge in [0.2, 0.25) is 5.91 Å². The van der Waals surface area contributed by atoms with Crippen LogP contribution in [0.5, 0.6) is 0 Å². The number of halogens is 1. The first-order valence-electron chi connectivity index (χ1n) is 8.87. The lowest BCUT2D eigenvalue weighted by molar-refractivity contribution is -0.117. The molecule has 0 saturated carbocycles. The van der Waals surface area contributed by atoms with E-state index in [4.69, 9.17) is 0 Å². The molecule has 0 unspecified atom stereocenters. The van der Waals surface area contributed by atoms with Gasteiger partial charge in [-0.2, -0.15) is 0 Å². The van der Waals surface area contributed by atoms with Gasteiger partial charge < -0.3 is 9.88 Å². The average Bonchev–Trinajstić information content (AvgIpc) is 2.99. The number of fused-ring (bicyclic) bond motifs is 1. The summed E-state index contributed by atoms with van der Waals surface area (Å²) in [5, 5.41) is 5.25. The van der Waals surface area contributed by atoms with Crippen LogP contribution in [0.25, 0.3) is 11.0 Å². The third kappa shape index (κ3) is 4.89. The Morgan fingerprint density at radius 1 is 1.14 bits per heavy atom. The fraction of sp³-hybridized carbons (Fsp3) is 0.250. The smallest absolute Gasteiger partial charge is 0.319 e. The van der Waals surface area contributed by atoms with Gasteiger partial charge in [-0.15, -0.1) is 0 Å². The Hall–Kier alpha value is -2.87. The summed E-state index contributed by atoms with van der Waals surface area (Å²) in [5.41, 5.74) is 1.89. The highest BCUT2D eigenvalue weighted by atomic mass is 32.2. The third-order valence-electron chi connectivity index (χ3n) is 3.87. The van der Waals surface area contributed by atoms with E-state index in [2.05, 4.69) is 34.0 Å². The lowest BCUT2D eigenvalue weighted by Crippen LogP contribution is -2.35. The van der Waals surface area contributed by atoms with E-state index in [0.717, 1.165) is 22.7 Å². The summed E-state index contributed by atoms with van der Waals surface area (Å²) >= 11 is 1.26. The van der Waals surface area contributed by atoms with Gasteiger partial charge in [-0.25, -0.2) is 14.2 Å². The van der Waals surface area contributed by atoms with Crippen molar-refractivity contribution in [1.82, 2.24) is 14.9 Å². The number of para-hydroxylation sites is 3. The lowest BCUT2D eigenvalue weighted by Gasteiger charge is -2.11. The monoisotopic (exact) mass is 400 g/mol. The van der Waals surface area contributed by atoms with Gasteiger partial charge in [0.25, 0.3) is 0 Å². The molecular formula is C20H21FN4O2S. The number of hydrogen-bond donors (Lipinski definition) is 2. The number of carbonyl (C=O) groups is 2. The largest absolute Gasteiger partial charge is 0.325 e. The molecular weight excluding hydrogens is 379 g/mol. The van der Waals surface area contributed by atoms with Gasteiger partial charge in [-0.05, 0) is 30.2 Å². The quantitative estimate of drug-likeness (QED) is 0.606. The van der Waals surface area contributed by atoms with Crippen molar-refractivity contribution in [3.05, 3.63) is 54.3 Å². The lowest BCUT2D eigenvalue weighted by atomic mass is 10.2. The van der Waals surface area contributed by atoms with Crippen LogP contribution in [0, 0.1) is 11.7 Å². The number of nitrogens with one attached hydrogen (secondary N) is 2. The minimum atomic E-state index is -0.772. The fourth-order valence-corrected chi connectivity index (χ4v) is 3.54. The number of urea groups is 1. The number of thioether (sulfide) groups is 1. The average molecular weight is 400 g/mol. The van der Waals surface area contributed by atoms with Gasteiger partial charge >= 0.3 is 6.03 Å². The highest BCUT2D eigenvalue weighted by molar-refractivity contribution is 7.99. The van der Waals surface area contributed by atoms with Gasteiger partial charge in [-0.1, -0.05) is 49.9 Å². The topological polar surface area (TPSA) is 76.0 Å². The summed E-state index contributed by atoms with van der Waals surface area (Å²) in [5.74, 6) is -0.618. The zero-order chi connectivity index (χ0) is 20.1. The van der Waals surface area contributed by atoms with Gasteiger partial charge in [0.1, 0.15) is 5.82 Å². The molecule has 0 spiro atoms. The second kappa shape index (κ2) is 8.88.